The monoisotopic (exact) mass is 551 g/mol. The number of benzene rings is 6. The first-order valence-corrected chi connectivity index (χ1v) is 14.4. The molecule has 0 saturated heterocycles. The van der Waals surface area contributed by atoms with Gasteiger partial charge in [-0.2, -0.15) is 0 Å². The molecule has 0 fully saturated rings. The number of aromatic nitrogens is 3. The quantitative estimate of drug-likeness (QED) is 0.214. The number of hydrogen-bond acceptors (Lipinski definition) is 4. The molecular weight excluding hydrogens is 530 g/mol. The van der Waals surface area contributed by atoms with Crippen LogP contribution in [-0.4, -0.2) is 14.5 Å². The molecule has 0 spiro atoms. The summed E-state index contributed by atoms with van der Waals surface area (Å²) in [6.07, 6.45) is 0. The van der Waals surface area contributed by atoms with Gasteiger partial charge in [-0.05, 0) is 24.3 Å². The third kappa shape index (κ3) is 3.00. The van der Waals surface area contributed by atoms with Crippen LogP contribution in [0.1, 0.15) is 0 Å². The molecule has 4 aromatic heterocycles. The van der Waals surface area contributed by atoms with E-state index < -0.39 is 0 Å². The summed E-state index contributed by atoms with van der Waals surface area (Å²) in [4.78, 5) is 10.5. The average molecular weight is 552 g/mol. The van der Waals surface area contributed by atoms with Gasteiger partial charge in [0.1, 0.15) is 22.3 Å². The van der Waals surface area contributed by atoms with Crippen molar-refractivity contribution in [2.75, 3.05) is 0 Å². The molecule has 0 aliphatic heterocycles. The maximum absolute atomic E-state index is 6.73. The maximum Gasteiger partial charge on any atom is 0.235 e. The van der Waals surface area contributed by atoms with Crippen LogP contribution in [0.3, 0.4) is 0 Å². The van der Waals surface area contributed by atoms with Crippen molar-refractivity contribution >= 4 is 76.6 Å². The summed E-state index contributed by atoms with van der Waals surface area (Å²) in [6, 6.07) is 43.4. The molecule has 0 atom stereocenters. The van der Waals surface area contributed by atoms with Gasteiger partial charge >= 0.3 is 0 Å². The lowest BCUT2D eigenvalue weighted by atomic mass is 10.0. The van der Waals surface area contributed by atoms with Gasteiger partial charge in [0.05, 0.1) is 22.1 Å². The van der Waals surface area contributed by atoms with Crippen molar-refractivity contribution in [3.8, 4) is 17.2 Å². The van der Waals surface area contributed by atoms with Crippen LogP contribution in [0.5, 0.6) is 0 Å². The Morgan fingerprint density at radius 2 is 1.07 bits per heavy atom. The van der Waals surface area contributed by atoms with Crippen molar-refractivity contribution in [3.63, 3.8) is 0 Å². The molecule has 0 bridgehead atoms. The van der Waals surface area contributed by atoms with Gasteiger partial charge in [-0.25, -0.2) is 9.97 Å². The molecule has 0 saturated carbocycles. The summed E-state index contributed by atoms with van der Waals surface area (Å²) in [5.74, 6) is 0.595. The lowest BCUT2D eigenvalue weighted by Gasteiger charge is -2.12. The predicted molar refractivity (Wildman–Crippen MR) is 174 cm³/mol. The van der Waals surface area contributed by atoms with Crippen LogP contribution in [-0.2, 0) is 0 Å². The fraction of sp³-hybridized carbons (Fsp3) is 0. The van der Waals surface area contributed by atoms with Crippen molar-refractivity contribution < 1.29 is 8.83 Å². The lowest BCUT2D eigenvalue weighted by Crippen LogP contribution is -2.03. The number of hydrogen-bond donors (Lipinski definition) is 0. The van der Waals surface area contributed by atoms with Crippen molar-refractivity contribution in [1.82, 2.24) is 14.5 Å². The smallest absolute Gasteiger partial charge is 0.235 e. The molecule has 43 heavy (non-hydrogen) atoms. The predicted octanol–water partition coefficient (Wildman–Crippen LogP) is 10.2. The first-order chi connectivity index (χ1) is 21.3. The Kier molecular flexibility index (Phi) is 4.39. The normalized spacial score (nSPS) is 12.2. The Bertz CT molecular complexity index is 2730. The first kappa shape index (κ1) is 22.7. The third-order valence-electron chi connectivity index (χ3n) is 8.60. The topological polar surface area (TPSA) is 57.0 Å². The molecule has 10 aromatic rings. The highest BCUT2D eigenvalue weighted by Gasteiger charge is 2.27. The minimum Gasteiger partial charge on any atom is -0.455 e. The Balaban J connectivity index is 1.48. The maximum atomic E-state index is 6.73. The van der Waals surface area contributed by atoms with Crippen LogP contribution in [0.15, 0.2) is 136 Å². The van der Waals surface area contributed by atoms with Crippen molar-refractivity contribution in [3.05, 3.63) is 127 Å². The first-order valence-electron chi connectivity index (χ1n) is 14.4. The fourth-order valence-electron chi connectivity index (χ4n) is 6.80. The fourth-order valence-corrected chi connectivity index (χ4v) is 6.80. The van der Waals surface area contributed by atoms with E-state index in [1.165, 1.54) is 0 Å². The highest BCUT2D eigenvalue weighted by Crippen LogP contribution is 2.48. The molecule has 10 rings (SSSR count). The minimum atomic E-state index is 0.595. The number of nitrogens with zero attached hydrogens (tertiary/aromatic N) is 3. The SMILES string of the molecule is c1ccc(-c2nc(-n3c4ccccc4c4c5c6ccccc6oc5c5c6ccccc6oc5c43)nc3ccccc23)cc1. The Morgan fingerprint density at radius 3 is 1.86 bits per heavy atom. The molecule has 200 valence electrons. The van der Waals surface area contributed by atoms with E-state index in [-0.39, 0.29) is 0 Å². The Morgan fingerprint density at radius 1 is 0.465 bits per heavy atom. The Hall–Kier alpha value is -5.94. The molecule has 4 heterocycles. The van der Waals surface area contributed by atoms with E-state index in [0.29, 0.717) is 5.95 Å². The van der Waals surface area contributed by atoms with Gasteiger partial charge in [-0.3, -0.25) is 4.57 Å². The van der Waals surface area contributed by atoms with Crippen molar-refractivity contribution in [2.24, 2.45) is 0 Å². The standard InChI is InChI=1S/C38H21N3O2/c1-2-12-22(13-3-1)34-23-14-4-8-18-27(23)39-38(40-34)41-28-19-9-5-15-24(28)31-32-25-16-6-10-20-29(25)42-36(32)33-26-17-7-11-21-30(26)43-37(33)35(31)41/h1-21H. The average Bonchev–Trinajstić information content (AvgIpc) is 3.74. The molecular formula is C38H21N3O2. The lowest BCUT2D eigenvalue weighted by molar-refractivity contribution is 0.664. The van der Waals surface area contributed by atoms with E-state index >= 15 is 0 Å². The van der Waals surface area contributed by atoms with Gasteiger partial charge in [0.25, 0.3) is 0 Å². The zero-order valence-electron chi connectivity index (χ0n) is 22.8. The van der Waals surface area contributed by atoms with Crippen LogP contribution < -0.4 is 0 Å². The number of rotatable bonds is 2. The van der Waals surface area contributed by atoms with Crippen LogP contribution in [0, 0.1) is 0 Å². The number of furan rings is 2. The minimum absolute atomic E-state index is 0.595. The summed E-state index contributed by atoms with van der Waals surface area (Å²) in [5, 5.41) is 7.29. The molecule has 0 unspecified atom stereocenters. The van der Waals surface area contributed by atoms with Crippen LogP contribution in [0.2, 0.25) is 0 Å². The molecule has 0 N–H and O–H groups in total. The van der Waals surface area contributed by atoms with Crippen LogP contribution in [0.4, 0.5) is 0 Å². The molecule has 0 amide bonds. The molecule has 0 aliphatic carbocycles. The zero-order valence-corrected chi connectivity index (χ0v) is 22.8. The summed E-state index contributed by atoms with van der Waals surface area (Å²) < 4.78 is 15.5. The van der Waals surface area contributed by atoms with Gasteiger partial charge in [-0.1, -0.05) is 103 Å². The van der Waals surface area contributed by atoms with E-state index in [4.69, 9.17) is 18.8 Å². The van der Waals surface area contributed by atoms with E-state index in [1.54, 1.807) is 0 Å². The zero-order chi connectivity index (χ0) is 28.1. The number of para-hydroxylation sites is 4. The largest absolute Gasteiger partial charge is 0.455 e. The van der Waals surface area contributed by atoms with Crippen LogP contribution in [0.25, 0.3) is 93.8 Å². The molecule has 6 aromatic carbocycles. The summed E-state index contributed by atoms with van der Waals surface area (Å²) in [5.41, 5.74) is 8.01. The molecule has 0 aliphatic rings. The summed E-state index contributed by atoms with van der Waals surface area (Å²) >= 11 is 0. The molecule has 5 nitrogen and oxygen atoms in total. The van der Waals surface area contributed by atoms with Gasteiger partial charge < -0.3 is 8.83 Å². The van der Waals surface area contributed by atoms with Gasteiger partial charge in [-0.15, -0.1) is 0 Å². The second-order valence-corrected chi connectivity index (χ2v) is 10.9. The van der Waals surface area contributed by atoms with E-state index in [0.717, 1.165) is 87.8 Å². The van der Waals surface area contributed by atoms with Gasteiger partial charge in [0.2, 0.25) is 5.95 Å². The van der Waals surface area contributed by atoms with E-state index in [9.17, 15) is 0 Å². The second-order valence-electron chi connectivity index (χ2n) is 10.9. The molecule has 0 radical (unpaired) electrons. The van der Waals surface area contributed by atoms with Crippen LogP contribution >= 0.6 is 0 Å². The van der Waals surface area contributed by atoms with E-state index in [2.05, 4.69) is 71.3 Å². The highest BCUT2D eigenvalue weighted by molar-refractivity contribution is 6.38. The van der Waals surface area contributed by atoms with Crippen molar-refractivity contribution in [1.29, 1.82) is 0 Å². The summed E-state index contributed by atoms with van der Waals surface area (Å²) in [6.45, 7) is 0. The van der Waals surface area contributed by atoms with Crippen molar-refractivity contribution in [2.45, 2.75) is 0 Å². The summed E-state index contributed by atoms with van der Waals surface area (Å²) in [7, 11) is 0. The van der Waals surface area contributed by atoms with E-state index in [1.807, 2.05) is 60.7 Å². The molecule has 5 heteroatoms. The van der Waals surface area contributed by atoms with Gasteiger partial charge in [0, 0.05) is 37.9 Å². The third-order valence-corrected chi connectivity index (χ3v) is 8.60. The Labute approximate surface area is 244 Å². The highest BCUT2D eigenvalue weighted by atomic mass is 16.3. The second kappa shape index (κ2) is 8.30. The van der Waals surface area contributed by atoms with Gasteiger partial charge in [0.15, 0.2) is 5.58 Å². The number of fused-ring (bicyclic) bond motifs is 13.